The van der Waals surface area contributed by atoms with Gasteiger partial charge in [-0.2, -0.15) is 0 Å². The summed E-state index contributed by atoms with van der Waals surface area (Å²) in [4.78, 5) is 17.0. The van der Waals surface area contributed by atoms with Crippen LogP contribution in [0.2, 0.25) is 5.02 Å². The van der Waals surface area contributed by atoms with Crippen LogP contribution in [0.3, 0.4) is 0 Å². The van der Waals surface area contributed by atoms with E-state index < -0.39 is 5.97 Å². The van der Waals surface area contributed by atoms with Gasteiger partial charge in [-0.3, -0.25) is 0 Å². The van der Waals surface area contributed by atoms with Crippen LogP contribution in [0.5, 0.6) is 11.5 Å². The molecule has 4 aromatic rings. The van der Waals surface area contributed by atoms with E-state index in [1.54, 1.807) is 6.08 Å². The summed E-state index contributed by atoms with van der Waals surface area (Å²) in [6.07, 6.45) is 1.68. The predicted molar refractivity (Wildman–Crippen MR) is 146 cm³/mol. The van der Waals surface area contributed by atoms with E-state index in [9.17, 15) is 4.79 Å². The fraction of sp³-hybridized carbons (Fsp3) is 0.0968. The Labute approximate surface area is 220 Å². The van der Waals surface area contributed by atoms with Crippen LogP contribution in [0.4, 0.5) is 0 Å². The van der Waals surface area contributed by atoms with Crippen molar-refractivity contribution in [2.24, 2.45) is 4.99 Å². The van der Waals surface area contributed by atoms with Gasteiger partial charge in [-0.05, 0) is 71.7 Å². The quantitative estimate of drug-likeness (QED) is 0.184. The molecule has 0 atom stereocenters. The number of cyclic esters (lactones) is 1. The molecule has 0 bridgehead atoms. The average Bonchev–Trinajstić information content (AvgIpc) is 3.29. The second kappa shape index (κ2) is 11.1. The third kappa shape index (κ3) is 5.90. The molecule has 0 aromatic heterocycles. The largest absolute Gasteiger partial charge is 0.490 e. The molecule has 0 spiro atoms. The van der Waals surface area contributed by atoms with Crippen LogP contribution in [0.25, 0.3) is 17.2 Å². The molecule has 0 radical (unpaired) electrons. The molecule has 37 heavy (non-hydrogen) atoms. The average molecular weight is 510 g/mol. The lowest BCUT2D eigenvalue weighted by molar-refractivity contribution is -0.129. The molecule has 1 aliphatic heterocycles. The van der Waals surface area contributed by atoms with E-state index in [2.05, 4.69) is 4.99 Å². The molecule has 6 heteroatoms. The minimum absolute atomic E-state index is 0.220. The smallest absolute Gasteiger partial charge is 0.363 e. The Morgan fingerprint density at radius 2 is 1.57 bits per heavy atom. The number of nitrogens with zero attached hydrogens (tertiary/aromatic N) is 1. The Balaban J connectivity index is 1.34. The van der Waals surface area contributed by atoms with E-state index in [0.29, 0.717) is 29.7 Å². The highest BCUT2D eigenvalue weighted by molar-refractivity contribution is 6.30. The van der Waals surface area contributed by atoms with Crippen molar-refractivity contribution in [3.63, 3.8) is 0 Å². The minimum Gasteiger partial charge on any atom is -0.490 e. The molecule has 0 aliphatic carbocycles. The van der Waals surface area contributed by atoms with Crippen LogP contribution < -0.4 is 9.47 Å². The van der Waals surface area contributed by atoms with Gasteiger partial charge in [-0.25, -0.2) is 9.79 Å². The monoisotopic (exact) mass is 509 g/mol. The third-order valence-electron chi connectivity index (χ3n) is 5.71. The summed E-state index contributed by atoms with van der Waals surface area (Å²) in [7, 11) is 0. The van der Waals surface area contributed by atoms with E-state index >= 15 is 0 Å². The maximum atomic E-state index is 12.5. The summed E-state index contributed by atoms with van der Waals surface area (Å²) in [5.74, 6) is 0.954. The Bertz CT molecular complexity index is 1480. The first kappa shape index (κ1) is 24.3. The van der Waals surface area contributed by atoms with Crippen LogP contribution in [0.15, 0.2) is 108 Å². The SMILES string of the molecule is CCOc1cc(/C=C2\N=C(c3ccc(-c4ccccc4)cc3)OC2=O)ccc1OCc1cccc(Cl)c1. The molecule has 0 N–H and O–H groups in total. The summed E-state index contributed by atoms with van der Waals surface area (Å²) in [6, 6.07) is 30.8. The topological polar surface area (TPSA) is 57.1 Å². The van der Waals surface area contributed by atoms with Crippen LogP contribution in [-0.4, -0.2) is 18.5 Å². The zero-order valence-corrected chi connectivity index (χ0v) is 20.9. The maximum Gasteiger partial charge on any atom is 0.363 e. The van der Waals surface area contributed by atoms with Gasteiger partial charge in [-0.1, -0.05) is 72.3 Å². The highest BCUT2D eigenvalue weighted by atomic mass is 35.5. The number of benzene rings is 4. The molecule has 0 saturated carbocycles. The minimum atomic E-state index is -0.499. The number of hydrogen-bond donors (Lipinski definition) is 0. The lowest BCUT2D eigenvalue weighted by Gasteiger charge is -2.13. The Morgan fingerprint density at radius 1 is 0.811 bits per heavy atom. The van der Waals surface area contributed by atoms with E-state index in [-0.39, 0.29) is 11.6 Å². The molecule has 0 unspecified atom stereocenters. The second-order valence-electron chi connectivity index (χ2n) is 8.34. The van der Waals surface area contributed by atoms with Crippen LogP contribution in [-0.2, 0) is 16.1 Å². The van der Waals surface area contributed by atoms with Gasteiger partial charge in [0.15, 0.2) is 17.2 Å². The number of hydrogen-bond acceptors (Lipinski definition) is 5. The molecule has 5 nitrogen and oxygen atoms in total. The molecule has 1 heterocycles. The number of carbonyl (C=O) groups excluding carboxylic acids is 1. The Kier molecular flexibility index (Phi) is 7.33. The summed E-state index contributed by atoms with van der Waals surface area (Å²) >= 11 is 6.07. The molecular formula is C31H24ClNO4. The fourth-order valence-corrected chi connectivity index (χ4v) is 4.13. The van der Waals surface area contributed by atoms with Crippen LogP contribution in [0, 0.1) is 0 Å². The van der Waals surface area contributed by atoms with Gasteiger partial charge in [-0.15, -0.1) is 0 Å². The number of ether oxygens (including phenoxy) is 3. The summed E-state index contributed by atoms with van der Waals surface area (Å²) < 4.78 is 17.2. The first-order chi connectivity index (χ1) is 18.1. The second-order valence-corrected chi connectivity index (χ2v) is 8.77. The predicted octanol–water partition coefficient (Wildman–Crippen LogP) is 7.33. The van der Waals surface area contributed by atoms with E-state index in [1.165, 1.54) is 0 Å². The van der Waals surface area contributed by atoms with Crippen molar-refractivity contribution < 1.29 is 19.0 Å². The van der Waals surface area contributed by atoms with Crippen molar-refractivity contribution in [1.82, 2.24) is 0 Å². The molecule has 1 aliphatic rings. The van der Waals surface area contributed by atoms with Crippen molar-refractivity contribution >= 4 is 29.5 Å². The van der Waals surface area contributed by atoms with Gasteiger partial charge in [0.1, 0.15) is 6.61 Å². The van der Waals surface area contributed by atoms with E-state index in [1.807, 2.05) is 104 Å². The van der Waals surface area contributed by atoms with Crippen LogP contribution in [0.1, 0.15) is 23.6 Å². The van der Waals surface area contributed by atoms with Crippen molar-refractivity contribution in [2.75, 3.05) is 6.61 Å². The van der Waals surface area contributed by atoms with Crippen molar-refractivity contribution in [3.05, 3.63) is 124 Å². The highest BCUT2D eigenvalue weighted by Crippen LogP contribution is 2.31. The summed E-state index contributed by atoms with van der Waals surface area (Å²) in [5.41, 5.74) is 4.84. The van der Waals surface area contributed by atoms with Gasteiger partial charge >= 0.3 is 5.97 Å². The van der Waals surface area contributed by atoms with Gasteiger partial charge in [0.2, 0.25) is 5.90 Å². The van der Waals surface area contributed by atoms with E-state index in [0.717, 1.165) is 27.8 Å². The zero-order chi connectivity index (χ0) is 25.6. The molecule has 0 fully saturated rings. The molecule has 184 valence electrons. The maximum absolute atomic E-state index is 12.5. The summed E-state index contributed by atoms with van der Waals surface area (Å²) in [5, 5.41) is 0.656. The molecule has 5 rings (SSSR count). The third-order valence-corrected chi connectivity index (χ3v) is 5.95. The first-order valence-corrected chi connectivity index (χ1v) is 12.3. The normalized spacial score (nSPS) is 13.8. The number of carbonyl (C=O) groups is 1. The molecular weight excluding hydrogens is 486 g/mol. The molecule has 0 amide bonds. The number of aliphatic imine (C=N–C) groups is 1. The number of halogens is 1. The van der Waals surface area contributed by atoms with Crippen LogP contribution >= 0.6 is 11.6 Å². The Hall–Kier alpha value is -4.35. The molecule has 0 saturated heterocycles. The van der Waals surface area contributed by atoms with Gasteiger partial charge < -0.3 is 14.2 Å². The molecule has 4 aromatic carbocycles. The van der Waals surface area contributed by atoms with Gasteiger partial charge in [0.05, 0.1) is 6.61 Å². The Morgan fingerprint density at radius 3 is 2.32 bits per heavy atom. The van der Waals surface area contributed by atoms with Crippen molar-refractivity contribution in [3.8, 4) is 22.6 Å². The van der Waals surface area contributed by atoms with Gasteiger partial charge in [0.25, 0.3) is 0 Å². The fourth-order valence-electron chi connectivity index (χ4n) is 3.92. The zero-order valence-electron chi connectivity index (χ0n) is 20.2. The first-order valence-electron chi connectivity index (χ1n) is 11.9. The van der Waals surface area contributed by atoms with Crippen molar-refractivity contribution in [2.45, 2.75) is 13.5 Å². The number of esters is 1. The van der Waals surface area contributed by atoms with Crippen molar-refractivity contribution in [1.29, 1.82) is 0 Å². The standard InChI is InChI=1S/C31H24ClNO4/c1-2-35-29-19-21(11-16-28(29)36-20-22-7-6-10-26(32)17-22)18-27-31(34)37-30(33-27)25-14-12-24(13-15-25)23-8-4-3-5-9-23/h3-19H,2,20H2,1H3/b27-18-. The van der Waals surface area contributed by atoms with E-state index in [4.69, 9.17) is 25.8 Å². The highest BCUT2D eigenvalue weighted by Gasteiger charge is 2.24. The summed E-state index contributed by atoms with van der Waals surface area (Å²) in [6.45, 7) is 2.72. The number of rotatable bonds is 8. The lowest BCUT2D eigenvalue weighted by atomic mass is 10.0. The van der Waals surface area contributed by atoms with Gasteiger partial charge in [0, 0.05) is 10.6 Å². The lowest BCUT2D eigenvalue weighted by Crippen LogP contribution is -2.05.